The lowest BCUT2D eigenvalue weighted by atomic mass is 10.2. The van der Waals surface area contributed by atoms with Crippen LogP contribution in [0, 0.1) is 0 Å². The second kappa shape index (κ2) is 5.54. The molecule has 8 heteroatoms. The van der Waals surface area contributed by atoms with E-state index < -0.39 is 5.97 Å². The van der Waals surface area contributed by atoms with Crippen LogP contribution in [0.4, 0.5) is 17.5 Å². The van der Waals surface area contributed by atoms with Crippen LogP contribution in [-0.4, -0.2) is 27.3 Å². The Kier molecular flexibility index (Phi) is 3.81. The van der Waals surface area contributed by atoms with E-state index in [2.05, 4.69) is 15.3 Å². The van der Waals surface area contributed by atoms with Gasteiger partial charge in [0.15, 0.2) is 6.29 Å². The zero-order valence-corrected chi connectivity index (χ0v) is 10.8. The SMILES string of the molecule is Nc1nc(Cl)c(C=O)c(Nc2ccc(C(=O)O)cc2)n1. The van der Waals surface area contributed by atoms with Crippen molar-refractivity contribution in [1.29, 1.82) is 0 Å². The Morgan fingerprint density at radius 3 is 2.50 bits per heavy atom. The lowest BCUT2D eigenvalue weighted by Crippen LogP contribution is -2.05. The van der Waals surface area contributed by atoms with Gasteiger partial charge < -0.3 is 16.2 Å². The minimum Gasteiger partial charge on any atom is -0.478 e. The van der Waals surface area contributed by atoms with Gasteiger partial charge in [-0.15, -0.1) is 0 Å². The normalized spacial score (nSPS) is 10.1. The first-order valence-corrected chi connectivity index (χ1v) is 5.77. The van der Waals surface area contributed by atoms with Crippen LogP contribution in [0.25, 0.3) is 0 Å². The maximum atomic E-state index is 11.0. The molecule has 0 radical (unpaired) electrons. The van der Waals surface area contributed by atoms with E-state index in [4.69, 9.17) is 22.4 Å². The van der Waals surface area contributed by atoms with Crippen LogP contribution in [0.5, 0.6) is 0 Å². The second-order valence-electron chi connectivity index (χ2n) is 3.76. The molecule has 0 amide bonds. The number of aldehydes is 1. The smallest absolute Gasteiger partial charge is 0.335 e. The highest BCUT2D eigenvalue weighted by molar-refractivity contribution is 6.32. The number of carboxylic acid groups (broad SMARTS) is 1. The standard InChI is InChI=1S/C12H9ClN4O3/c13-9-8(5-18)10(17-12(14)16-9)15-7-3-1-6(2-4-7)11(19)20/h1-5H,(H,19,20)(H3,14,15,16,17). The molecule has 0 atom stereocenters. The number of aromatic carboxylic acids is 1. The summed E-state index contributed by atoms with van der Waals surface area (Å²) in [5.41, 5.74) is 6.21. The van der Waals surface area contributed by atoms with E-state index in [1.54, 1.807) is 0 Å². The number of hydrogen-bond acceptors (Lipinski definition) is 6. The number of halogens is 1. The highest BCUT2D eigenvalue weighted by Crippen LogP contribution is 2.23. The molecule has 102 valence electrons. The topological polar surface area (TPSA) is 118 Å². The number of nitrogen functional groups attached to an aromatic ring is 1. The number of aromatic nitrogens is 2. The number of benzene rings is 1. The van der Waals surface area contributed by atoms with Crippen molar-refractivity contribution in [2.45, 2.75) is 0 Å². The van der Waals surface area contributed by atoms with Gasteiger partial charge in [0.25, 0.3) is 0 Å². The summed E-state index contributed by atoms with van der Waals surface area (Å²) >= 11 is 5.79. The molecule has 1 aromatic heterocycles. The predicted molar refractivity (Wildman–Crippen MR) is 73.5 cm³/mol. The van der Waals surface area contributed by atoms with E-state index in [1.807, 2.05) is 0 Å². The van der Waals surface area contributed by atoms with Crippen LogP contribution < -0.4 is 11.1 Å². The number of carbonyl (C=O) groups is 2. The number of anilines is 3. The van der Waals surface area contributed by atoms with E-state index in [0.29, 0.717) is 12.0 Å². The first-order chi connectivity index (χ1) is 9.51. The average Bonchev–Trinajstić information content (AvgIpc) is 2.39. The third-order valence-electron chi connectivity index (χ3n) is 2.43. The van der Waals surface area contributed by atoms with E-state index in [0.717, 1.165) is 0 Å². The van der Waals surface area contributed by atoms with Crippen molar-refractivity contribution in [2.75, 3.05) is 11.1 Å². The van der Waals surface area contributed by atoms with Crippen LogP contribution in [0.3, 0.4) is 0 Å². The quantitative estimate of drug-likeness (QED) is 0.582. The second-order valence-corrected chi connectivity index (χ2v) is 4.12. The van der Waals surface area contributed by atoms with Crippen LogP contribution in [0.15, 0.2) is 24.3 Å². The minimum atomic E-state index is -1.03. The van der Waals surface area contributed by atoms with Gasteiger partial charge in [-0.25, -0.2) is 9.78 Å². The highest BCUT2D eigenvalue weighted by Gasteiger charge is 2.12. The summed E-state index contributed by atoms with van der Waals surface area (Å²) in [6, 6.07) is 5.89. The maximum absolute atomic E-state index is 11.0. The number of hydrogen-bond donors (Lipinski definition) is 3. The zero-order chi connectivity index (χ0) is 14.7. The van der Waals surface area contributed by atoms with Crippen molar-refractivity contribution >= 4 is 41.3 Å². The fraction of sp³-hybridized carbons (Fsp3) is 0. The van der Waals surface area contributed by atoms with Crippen LogP contribution >= 0.6 is 11.6 Å². The molecular weight excluding hydrogens is 284 g/mol. The van der Waals surface area contributed by atoms with Crippen molar-refractivity contribution in [1.82, 2.24) is 9.97 Å². The summed E-state index contributed by atoms with van der Waals surface area (Å²) in [6.07, 6.45) is 0.510. The molecular formula is C12H9ClN4O3. The Bertz CT molecular complexity index is 673. The number of nitrogens with zero attached hydrogens (tertiary/aromatic N) is 2. The number of nitrogens with two attached hydrogens (primary N) is 1. The molecule has 0 spiro atoms. The Labute approximate surface area is 118 Å². The fourth-order valence-electron chi connectivity index (χ4n) is 1.49. The molecule has 0 saturated heterocycles. The van der Waals surface area contributed by atoms with E-state index >= 15 is 0 Å². The molecule has 0 unspecified atom stereocenters. The number of rotatable bonds is 4. The predicted octanol–water partition coefficient (Wildman–Crippen LogP) is 1.97. The molecule has 1 heterocycles. The minimum absolute atomic E-state index is 0.0582. The molecule has 0 aliphatic heterocycles. The first kappa shape index (κ1) is 13.8. The van der Waals surface area contributed by atoms with Crippen LogP contribution in [0.2, 0.25) is 5.15 Å². The summed E-state index contributed by atoms with van der Waals surface area (Å²) in [7, 11) is 0. The summed E-state index contributed by atoms with van der Waals surface area (Å²) in [4.78, 5) is 29.3. The number of nitrogens with one attached hydrogen (secondary N) is 1. The maximum Gasteiger partial charge on any atom is 0.335 e. The lowest BCUT2D eigenvalue weighted by Gasteiger charge is -2.09. The summed E-state index contributed by atoms with van der Waals surface area (Å²) in [6.45, 7) is 0. The molecule has 2 rings (SSSR count). The van der Waals surface area contributed by atoms with Crippen molar-refractivity contribution < 1.29 is 14.7 Å². The van der Waals surface area contributed by atoms with Crippen molar-refractivity contribution in [3.05, 3.63) is 40.5 Å². The highest BCUT2D eigenvalue weighted by atomic mass is 35.5. The van der Waals surface area contributed by atoms with Gasteiger partial charge in [0, 0.05) is 5.69 Å². The Morgan fingerprint density at radius 1 is 1.30 bits per heavy atom. The Hall–Kier alpha value is -2.67. The number of carboxylic acids is 1. The third-order valence-corrected chi connectivity index (χ3v) is 2.72. The van der Waals surface area contributed by atoms with Gasteiger partial charge in [0.1, 0.15) is 11.0 Å². The van der Waals surface area contributed by atoms with Gasteiger partial charge in [-0.2, -0.15) is 4.98 Å². The Balaban J connectivity index is 2.34. The monoisotopic (exact) mass is 292 g/mol. The Morgan fingerprint density at radius 2 is 1.95 bits per heavy atom. The number of carbonyl (C=O) groups excluding carboxylic acids is 1. The average molecular weight is 293 g/mol. The molecule has 0 fully saturated rings. The van der Waals surface area contributed by atoms with Gasteiger partial charge in [-0.3, -0.25) is 4.79 Å². The fourth-order valence-corrected chi connectivity index (χ4v) is 1.71. The van der Waals surface area contributed by atoms with E-state index in [9.17, 15) is 9.59 Å². The van der Waals surface area contributed by atoms with Crippen molar-refractivity contribution in [3.63, 3.8) is 0 Å². The van der Waals surface area contributed by atoms with E-state index in [1.165, 1.54) is 24.3 Å². The van der Waals surface area contributed by atoms with Gasteiger partial charge in [-0.05, 0) is 24.3 Å². The van der Waals surface area contributed by atoms with Gasteiger partial charge in [-0.1, -0.05) is 11.6 Å². The molecule has 0 aliphatic carbocycles. The molecule has 7 nitrogen and oxygen atoms in total. The largest absolute Gasteiger partial charge is 0.478 e. The summed E-state index contributed by atoms with van der Waals surface area (Å²) in [5.74, 6) is -0.953. The van der Waals surface area contributed by atoms with Crippen molar-refractivity contribution in [3.8, 4) is 0 Å². The third kappa shape index (κ3) is 2.83. The molecule has 4 N–H and O–H groups in total. The molecule has 2 aromatic rings. The van der Waals surface area contributed by atoms with Gasteiger partial charge in [0.2, 0.25) is 5.95 Å². The lowest BCUT2D eigenvalue weighted by molar-refractivity contribution is 0.0696. The molecule has 20 heavy (non-hydrogen) atoms. The van der Waals surface area contributed by atoms with Crippen LogP contribution in [-0.2, 0) is 0 Å². The van der Waals surface area contributed by atoms with E-state index in [-0.39, 0.29) is 28.0 Å². The molecule has 0 aliphatic rings. The van der Waals surface area contributed by atoms with Crippen molar-refractivity contribution in [2.24, 2.45) is 0 Å². The molecule has 1 aromatic carbocycles. The molecule has 0 saturated carbocycles. The van der Waals surface area contributed by atoms with Gasteiger partial charge in [0.05, 0.1) is 11.1 Å². The molecule has 0 bridgehead atoms. The first-order valence-electron chi connectivity index (χ1n) is 5.40. The van der Waals surface area contributed by atoms with Crippen LogP contribution in [0.1, 0.15) is 20.7 Å². The zero-order valence-electron chi connectivity index (χ0n) is 10.0. The summed E-state index contributed by atoms with van der Waals surface area (Å²) < 4.78 is 0. The van der Waals surface area contributed by atoms with Gasteiger partial charge >= 0.3 is 5.97 Å². The summed E-state index contributed by atoms with van der Waals surface area (Å²) in [5, 5.41) is 11.6.